The number of carbonyl (C=O) groups is 1. The summed E-state index contributed by atoms with van der Waals surface area (Å²) >= 11 is 9.60. The Labute approximate surface area is 105 Å². The molecule has 70 valence electrons. The third-order valence-electron chi connectivity index (χ3n) is 1.58. The van der Waals surface area contributed by atoms with Crippen LogP contribution < -0.4 is 0 Å². The van der Waals surface area contributed by atoms with Crippen molar-refractivity contribution in [2.75, 3.05) is 0 Å². The molecule has 0 aliphatic rings. The molecule has 0 fully saturated rings. The summed E-state index contributed by atoms with van der Waals surface area (Å²) < 4.78 is 0.965. The molecule has 0 N–H and O–H groups in total. The second-order valence-corrected chi connectivity index (χ2v) is 5.70. The van der Waals surface area contributed by atoms with E-state index in [2.05, 4.69) is 51.1 Å². The monoisotopic (exact) mass is 370 g/mol. The Morgan fingerprint density at radius 2 is 2.23 bits per heavy atom. The first-order chi connectivity index (χ1) is 6.02. The van der Waals surface area contributed by atoms with Gasteiger partial charge in [0, 0.05) is 14.0 Å². The highest BCUT2D eigenvalue weighted by Gasteiger charge is 2.14. The Bertz CT molecular complexity index is 338. The molecular weight excluding hydrogens is 363 g/mol. The summed E-state index contributed by atoms with van der Waals surface area (Å²) in [6.07, 6.45) is 0. The average Bonchev–Trinajstić information content (AvgIpc) is 2.08. The zero-order valence-electron chi connectivity index (χ0n) is 6.92. The van der Waals surface area contributed by atoms with Gasteiger partial charge in [0.2, 0.25) is 0 Å². The lowest BCUT2D eigenvalue weighted by Crippen LogP contribution is -2.11. The Kier molecular flexibility index (Phi) is 4.25. The first-order valence-corrected chi connectivity index (χ1v) is 6.13. The highest BCUT2D eigenvalue weighted by molar-refractivity contribution is 14.1. The third-order valence-corrected chi connectivity index (χ3v) is 3.21. The minimum atomic E-state index is -0.142. The molecule has 0 radical (unpaired) electrons. The van der Waals surface area contributed by atoms with E-state index in [-0.39, 0.29) is 10.6 Å². The predicted octanol–water partition coefficient (Wildman–Crippen LogP) is 3.55. The molecule has 0 saturated carbocycles. The van der Waals surface area contributed by atoms with Crippen LogP contribution in [0.5, 0.6) is 0 Å². The molecule has 1 rings (SSSR count). The van der Waals surface area contributed by atoms with Gasteiger partial charge in [-0.05, 0) is 47.7 Å². The van der Waals surface area contributed by atoms with E-state index in [4.69, 9.17) is 0 Å². The van der Waals surface area contributed by atoms with Crippen molar-refractivity contribution in [2.45, 2.75) is 16.6 Å². The molecule has 1 aromatic rings. The van der Waals surface area contributed by atoms with E-state index < -0.39 is 0 Å². The highest BCUT2D eigenvalue weighted by atomic mass is 127. The van der Waals surface area contributed by atoms with Gasteiger partial charge in [0.05, 0.1) is 4.83 Å². The Morgan fingerprint density at radius 1 is 1.62 bits per heavy atom. The standard InChI is InChI=1S/C9H8BrIOS/c1-5(10)9(12)7-4-6(13)2-3-8(7)11/h2-5,13H,1H3. The number of halogens is 2. The number of carbonyl (C=O) groups excluding carboxylic acids is 1. The first-order valence-electron chi connectivity index (χ1n) is 3.69. The SMILES string of the molecule is CC(Br)C(=O)c1cc(S)ccc1I. The molecule has 13 heavy (non-hydrogen) atoms. The van der Waals surface area contributed by atoms with Crippen LogP contribution in [0.2, 0.25) is 0 Å². The molecule has 1 atom stereocenters. The fourth-order valence-electron chi connectivity index (χ4n) is 0.916. The summed E-state index contributed by atoms with van der Waals surface area (Å²) in [7, 11) is 0. The minimum absolute atomic E-state index is 0.0975. The smallest absolute Gasteiger partial charge is 0.177 e. The molecule has 0 heterocycles. The van der Waals surface area contributed by atoms with E-state index in [1.165, 1.54) is 0 Å². The molecule has 0 aromatic heterocycles. The fraction of sp³-hybridized carbons (Fsp3) is 0.222. The minimum Gasteiger partial charge on any atom is -0.293 e. The summed E-state index contributed by atoms with van der Waals surface area (Å²) in [6.45, 7) is 1.82. The van der Waals surface area contributed by atoms with E-state index in [0.717, 1.165) is 14.0 Å². The maximum atomic E-state index is 11.6. The van der Waals surface area contributed by atoms with Gasteiger partial charge >= 0.3 is 0 Å². The quantitative estimate of drug-likeness (QED) is 0.364. The molecule has 1 aromatic carbocycles. The van der Waals surface area contributed by atoms with Gasteiger partial charge in [0.25, 0.3) is 0 Å². The van der Waals surface area contributed by atoms with Crippen molar-refractivity contribution < 1.29 is 4.79 Å². The van der Waals surface area contributed by atoms with Gasteiger partial charge in [0.15, 0.2) is 5.78 Å². The molecule has 4 heteroatoms. The van der Waals surface area contributed by atoms with Crippen molar-refractivity contribution in [3.63, 3.8) is 0 Å². The third kappa shape index (κ3) is 2.95. The zero-order chi connectivity index (χ0) is 10.0. The number of ketones is 1. The molecule has 1 nitrogen and oxygen atoms in total. The number of rotatable bonds is 2. The summed E-state index contributed by atoms with van der Waals surface area (Å²) in [6, 6.07) is 5.57. The highest BCUT2D eigenvalue weighted by Crippen LogP contribution is 2.20. The second kappa shape index (κ2) is 4.79. The number of benzene rings is 1. The topological polar surface area (TPSA) is 17.1 Å². The van der Waals surface area contributed by atoms with Gasteiger partial charge in [-0.25, -0.2) is 0 Å². The summed E-state index contributed by atoms with van der Waals surface area (Å²) in [4.78, 5) is 12.3. The van der Waals surface area contributed by atoms with Gasteiger partial charge in [-0.3, -0.25) is 4.79 Å². The zero-order valence-corrected chi connectivity index (χ0v) is 11.6. The van der Waals surface area contributed by atoms with Crippen LogP contribution in [0.3, 0.4) is 0 Å². The van der Waals surface area contributed by atoms with Crippen LogP contribution in [0, 0.1) is 3.57 Å². The van der Waals surface area contributed by atoms with Gasteiger partial charge in [-0.15, -0.1) is 12.6 Å². The van der Waals surface area contributed by atoms with Crippen LogP contribution in [0.15, 0.2) is 23.1 Å². The summed E-state index contributed by atoms with van der Waals surface area (Å²) in [5, 5.41) is 0. The molecule has 0 amide bonds. The van der Waals surface area contributed by atoms with Gasteiger partial charge in [-0.2, -0.15) is 0 Å². The number of hydrogen-bond donors (Lipinski definition) is 1. The van der Waals surface area contributed by atoms with Gasteiger partial charge < -0.3 is 0 Å². The molecule has 0 aliphatic heterocycles. The fourth-order valence-corrected chi connectivity index (χ4v) is 1.97. The number of Topliss-reactive ketones (excluding diaryl/α,β-unsaturated/α-hetero) is 1. The lowest BCUT2D eigenvalue weighted by molar-refractivity contribution is 0.0995. The Balaban J connectivity index is 3.13. The molecule has 1 unspecified atom stereocenters. The van der Waals surface area contributed by atoms with E-state index in [9.17, 15) is 4.79 Å². The molecule has 0 aliphatic carbocycles. The summed E-state index contributed by atoms with van der Waals surface area (Å²) in [5.74, 6) is 0.0975. The van der Waals surface area contributed by atoms with Crippen molar-refractivity contribution >= 4 is 56.9 Å². The number of alkyl halides is 1. The Morgan fingerprint density at radius 3 is 2.77 bits per heavy atom. The van der Waals surface area contributed by atoms with Gasteiger partial charge in [-0.1, -0.05) is 15.9 Å². The largest absolute Gasteiger partial charge is 0.293 e. The maximum Gasteiger partial charge on any atom is 0.177 e. The van der Waals surface area contributed by atoms with Crippen molar-refractivity contribution in [1.82, 2.24) is 0 Å². The van der Waals surface area contributed by atoms with Crippen molar-refractivity contribution in [2.24, 2.45) is 0 Å². The van der Waals surface area contributed by atoms with Crippen LogP contribution in [0.1, 0.15) is 17.3 Å². The normalized spacial score (nSPS) is 12.6. The van der Waals surface area contributed by atoms with E-state index in [1.807, 2.05) is 19.1 Å². The maximum absolute atomic E-state index is 11.6. The molecule has 0 spiro atoms. The Hall–Kier alpha value is 0.450. The molecule has 0 saturated heterocycles. The van der Waals surface area contributed by atoms with Crippen molar-refractivity contribution in [3.05, 3.63) is 27.3 Å². The average molecular weight is 371 g/mol. The van der Waals surface area contributed by atoms with Crippen LogP contribution in [0.25, 0.3) is 0 Å². The van der Waals surface area contributed by atoms with E-state index in [0.29, 0.717) is 0 Å². The van der Waals surface area contributed by atoms with Crippen LogP contribution in [-0.2, 0) is 0 Å². The van der Waals surface area contributed by atoms with Crippen LogP contribution in [0.4, 0.5) is 0 Å². The van der Waals surface area contributed by atoms with Crippen molar-refractivity contribution in [1.29, 1.82) is 0 Å². The van der Waals surface area contributed by atoms with Crippen LogP contribution in [-0.4, -0.2) is 10.6 Å². The number of thiol groups is 1. The van der Waals surface area contributed by atoms with Crippen molar-refractivity contribution in [3.8, 4) is 0 Å². The first kappa shape index (κ1) is 11.5. The lowest BCUT2D eigenvalue weighted by Gasteiger charge is -2.05. The number of hydrogen-bond acceptors (Lipinski definition) is 2. The van der Waals surface area contributed by atoms with Crippen LogP contribution >= 0.6 is 51.1 Å². The second-order valence-electron chi connectivity index (χ2n) is 2.64. The van der Waals surface area contributed by atoms with E-state index in [1.54, 1.807) is 6.07 Å². The molecule has 0 bridgehead atoms. The predicted molar refractivity (Wildman–Crippen MR) is 69.1 cm³/mol. The lowest BCUT2D eigenvalue weighted by atomic mass is 10.1. The van der Waals surface area contributed by atoms with Gasteiger partial charge in [0.1, 0.15) is 0 Å². The molecular formula is C9H8BrIOS. The van der Waals surface area contributed by atoms with E-state index >= 15 is 0 Å². The summed E-state index contributed by atoms with van der Waals surface area (Å²) in [5.41, 5.74) is 0.734.